The number of hydrogen-bond acceptors (Lipinski definition) is 4. The molecule has 5 nitrogen and oxygen atoms in total. The minimum absolute atomic E-state index is 0.153. The smallest absolute Gasteiger partial charge is 0.342 e. The van der Waals surface area contributed by atoms with Crippen molar-refractivity contribution in [2.24, 2.45) is 0 Å². The van der Waals surface area contributed by atoms with Crippen LogP contribution in [-0.4, -0.2) is 25.6 Å². The van der Waals surface area contributed by atoms with Crippen LogP contribution in [0.4, 0.5) is 14.5 Å². The Bertz CT molecular complexity index is 734. The maximum Gasteiger partial charge on any atom is 0.342 e. The van der Waals surface area contributed by atoms with Crippen LogP contribution in [0.5, 0.6) is 5.75 Å². The van der Waals surface area contributed by atoms with E-state index in [2.05, 4.69) is 5.32 Å². The normalized spacial score (nSPS) is 10.0. The molecule has 0 radical (unpaired) electrons. The van der Waals surface area contributed by atoms with E-state index in [0.29, 0.717) is 5.75 Å². The largest absolute Gasteiger partial charge is 0.496 e. The molecule has 2 aromatic rings. The van der Waals surface area contributed by atoms with Crippen molar-refractivity contribution in [3.63, 3.8) is 0 Å². The molecule has 0 atom stereocenters. The van der Waals surface area contributed by atoms with Gasteiger partial charge in [0.05, 0.1) is 12.8 Å². The molecule has 0 spiro atoms. The Labute approximate surface area is 130 Å². The number of hydrogen-bond donors (Lipinski definition) is 1. The van der Waals surface area contributed by atoms with Crippen LogP contribution < -0.4 is 10.1 Å². The zero-order chi connectivity index (χ0) is 16.8. The zero-order valence-corrected chi connectivity index (χ0v) is 12.1. The molecule has 0 unspecified atom stereocenters. The number of carbonyl (C=O) groups is 2. The van der Waals surface area contributed by atoms with Crippen molar-refractivity contribution < 1.29 is 27.8 Å². The number of ether oxygens (including phenoxy) is 2. The van der Waals surface area contributed by atoms with Gasteiger partial charge in [0.2, 0.25) is 0 Å². The molecule has 0 heterocycles. The summed E-state index contributed by atoms with van der Waals surface area (Å²) >= 11 is 0. The summed E-state index contributed by atoms with van der Waals surface area (Å²) in [6.45, 7) is -0.646. The van der Waals surface area contributed by atoms with Crippen LogP contribution in [0.1, 0.15) is 10.4 Å². The Morgan fingerprint density at radius 1 is 1.13 bits per heavy atom. The van der Waals surface area contributed by atoms with Crippen LogP contribution in [0.2, 0.25) is 0 Å². The maximum absolute atomic E-state index is 13.4. The highest BCUT2D eigenvalue weighted by atomic mass is 19.1. The van der Waals surface area contributed by atoms with Gasteiger partial charge in [-0.05, 0) is 24.3 Å². The number of halogens is 2. The van der Waals surface area contributed by atoms with E-state index in [0.717, 1.165) is 18.2 Å². The molecule has 0 aliphatic rings. The van der Waals surface area contributed by atoms with Crippen LogP contribution in [0.15, 0.2) is 42.5 Å². The third-order valence-electron chi connectivity index (χ3n) is 2.86. The summed E-state index contributed by atoms with van der Waals surface area (Å²) in [6, 6.07) is 8.97. The van der Waals surface area contributed by atoms with Gasteiger partial charge >= 0.3 is 5.97 Å². The SMILES string of the molecule is COc1ccccc1C(=O)OCC(=O)Nc1cc(F)ccc1F. The average Bonchev–Trinajstić information content (AvgIpc) is 2.56. The molecule has 2 rings (SSSR count). The van der Waals surface area contributed by atoms with E-state index in [1.807, 2.05) is 0 Å². The number of amides is 1. The van der Waals surface area contributed by atoms with Crippen LogP contribution >= 0.6 is 0 Å². The fourth-order valence-corrected chi connectivity index (χ4v) is 1.80. The summed E-state index contributed by atoms with van der Waals surface area (Å²) in [5, 5.41) is 2.12. The van der Waals surface area contributed by atoms with Gasteiger partial charge in [-0.3, -0.25) is 4.79 Å². The van der Waals surface area contributed by atoms with Gasteiger partial charge in [0.25, 0.3) is 5.91 Å². The van der Waals surface area contributed by atoms with Crippen LogP contribution in [-0.2, 0) is 9.53 Å². The predicted molar refractivity (Wildman–Crippen MR) is 78.3 cm³/mol. The van der Waals surface area contributed by atoms with Gasteiger partial charge in [0.1, 0.15) is 22.9 Å². The van der Waals surface area contributed by atoms with Crippen molar-refractivity contribution in [1.82, 2.24) is 0 Å². The zero-order valence-electron chi connectivity index (χ0n) is 12.1. The highest BCUT2D eigenvalue weighted by Gasteiger charge is 2.15. The second-order valence-electron chi connectivity index (χ2n) is 4.45. The van der Waals surface area contributed by atoms with Gasteiger partial charge in [-0.2, -0.15) is 0 Å². The Kier molecular flexibility index (Phi) is 5.24. The third kappa shape index (κ3) is 4.26. The first kappa shape index (κ1) is 16.4. The lowest BCUT2D eigenvalue weighted by molar-refractivity contribution is -0.119. The molecule has 0 saturated heterocycles. The lowest BCUT2D eigenvalue weighted by Crippen LogP contribution is -2.21. The molecule has 1 N–H and O–H groups in total. The summed E-state index contributed by atoms with van der Waals surface area (Å²) in [5.41, 5.74) is -0.178. The Morgan fingerprint density at radius 3 is 2.61 bits per heavy atom. The lowest BCUT2D eigenvalue weighted by Gasteiger charge is -2.09. The number of esters is 1. The maximum atomic E-state index is 13.4. The summed E-state index contributed by atoms with van der Waals surface area (Å²) in [4.78, 5) is 23.5. The fourth-order valence-electron chi connectivity index (χ4n) is 1.80. The number of methoxy groups -OCH3 is 1. The highest BCUT2D eigenvalue weighted by molar-refractivity contribution is 5.96. The fraction of sp³-hybridized carbons (Fsp3) is 0.125. The number of anilines is 1. The van der Waals surface area contributed by atoms with E-state index in [-0.39, 0.29) is 11.3 Å². The molecule has 120 valence electrons. The van der Waals surface area contributed by atoms with Crippen molar-refractivity contribution in [3.8, 4) is 5.75 Å². The van der Waals surface area contributed by atoms with Crippen molar-refractivity contribution in [2.75, 3.05) is 19.0 Å². The molecular weight excluding hydrogens is 308 g/mol. The quantitative estimate of drug-likeness (QED) is 0.860. The minimum Gasteiger partial charge on any atom is -0.496 e. The van der Waals surface area contributed by atoms with Crippen LogP contribution in [0.25, 0.3) is 0 Å². The number of para-hydroxylation sites is 1. The van der Waals surface area contributed by atoms with Gasteiger partial charge in [0, 0.05) is 6.07 Å². The summed E-state index contributed by atoms with van der Waals surface area (Å²) in [6.07, 6.45) is 0. The predicted octanol–water partition coefficient (Wildman–Crippen LogP) is 2.77. The molecule has 0 bridgehead atoms. The highest BCUT2D eigenvalue weighted by Crippen LogP contribution is 2.18. The molecule has 0 aliphatic carbocycles. The molecule has 0 aliphatic heterocycles. The Hall–Kier alpha value is -2.96. The van der Waals surface area contributed by atoms with E-state index in [1.54, 1.807) is 18.2 Å². The molecule has 0 saturated carbocycles. The molecule has 0 fully saturated rings. The molecule has 0 aromatic heterocycles. The van der Waals surface area contributed by atoms with Gasteiger partial charge in [-0.25, -0.2) is 13.6 Å². The number of rotatable bonds is 5. The first-order valence-corrected chi connectivity index (χ1v) is 6.56. The third-order valence-corrected chi connectivity index (χ3v) is 2.86. The summed E-state index contributed by atoms with van der Waals surface area (Å²) < 4.78 is 36.2. The number of nitrogens with one attached hydrogen (secondary N) is 1. The first-order chi connectivity index (χ1) is 11.0. The summed E-state index contributed by atoms with van der Waals surface area (Å²) in [7, 11) is 1.39. The second kappa shape index (κ2) is 7.35. The van der Waals surface area contributed by atoms with E-state index in [1.165, 1.54) is 13.2 Å². The number of carbonyl (C=O) groups excluding carboxylic acids is 2. The van der Waals surface area contributed by atoms with Crippen molar-refractivity contribution >= 4 is 17.6 Å². The van der Waals surface area contributed by atoms with Crippen molar-refractivity contribution in [2.45, 2.75) is 0 Å². The van der Waals surface area contributed by atoms with E-state index in [9.17, 15) is 18.4 Å². The molecule has 1 amide bonds. The van der Waals surface area contributed by atoms with Crippen LogP contribution in [0, 0.1) is 11.6 Å². The Morgan fingerprint density at radius 2 is 1.87 bits per heavy atom. The summed E-state index contributed by atoms with van der Waals surface area (Å²) in [5.74, 6) is -2.76. The molecule has 23 heavy (non-hydrogen) atoms. The molecule has 2 aromatic carbocycles. The van der Waals surface area contributed by atoms with Gasteiger partial charge in [-0.15, -0.1) is 0 Å². The van der Waals surface area contributed by atoms with Crippen molar-refractivity contribution in [3.05, 3.63) is 59.7 Å². The number of benzene rings is 2. The average molecular weight is 321 g/mol. The topological polar surface area (TPSA) is 64.6 Å². The lowest BCUT2D eigenvalue weighted by atomic mass is 10.2. The van der Waals surface area contributed by atoms with E-state index in [4.69, 9.17) is 9.47 Å². The van der Waals surface area contributed by atoms with Crippen LogP contribution in [0.3, 0.4) is 0 Å². The second-order valence-corrected chi connectivity index (χ2v) is 4.45. The van der Waals surface area contributed by atoms with Gasteiger partial charge in [-0.1, -0.05) is 12.1 Å². The monoisotopic (exact) mass is 321 g/mol. The molecular formula is C16H13F2NO4. The Balaban J connectivity index is 1.96. The standard InChI is InChI=1S/C16H13F2NO4/c1-22-14-5-3-2-4-11(14)16(21)23-9-15(20)19-13-8-10(17)6-7-12(13)18/h2-8H,9H2,1H3,(H,19,20). The van der Waals surface area contributed by atoms with E-state index >= 15 is 0 Å². The van der Waals surface area contributed by atoms with Gasteiger partial charge in [0.15, 0.2) is 6.61 Å². The van der Waals surface area contributed by atoms with Gasteiger partial charge < -0.3 is 14.8 Å². The first-order valence-electron chi connectivity index (χ1n) is 6.56. The molecule has 7 heteroatoms. The van der Waals surface area contributed by atoms with E-state index < -0.39 is 30.1 Å². The van der Waals surface area contributed by atoms with Crippen molar-refractivity contribution in [1.29, 1.82) is 0 Å². The minimum atomic E-state index is -0.796.